The van der Waals surface area contributed by atoms with Crippen LogP contribution in [0.3, 0.4) is 0 Å². The summed E-state index contributed by atoms with van der Waals surface area (Å²) in [6.07, 6.45) is 0.639. The van der Waals surface area contributed by atoms with Crippen LogP contribution in [-0.2, 0) is 44.7 Å². The molecule has 3 aliphatic rings. The second-order valence-electron chi connectivity index (χ2n) is 20.4. The van der Waals surface area contributed by atoms with Crippen LogP contribution in [0.25, 0.3) is 16.1 Å². The minimum Gasteiger partial charge on any atom is -0.370 e. The second-order valence-corrected chi connectivity index (χ2v) is 22.1. The number of carbonyl (C=O) groups is 7. The van der Waals surface area contributed by atoms with Crippen LogP contribution in [0.15, 0.2) is 83.9 Å². The molecular formula is C55H64ClN11O8S. The number of thiophene rings is 1. The van der Waals surface area contributed by atoms with Crippen LogP contribution >= 0.6 is 22.9 Å². The van der Waals surface area contributed by atoms with Gasteiger partial charge in [-0.25, -0.2) is 0 Å². The zero-order valence-electron chi connectivity index (χ0n) is 43.6. The van der Waals surface area contributed by atoms with Crippen molar-refractivity contribution in [3.63, 3.8) is 0 Å². The highest BCUT2D eigenvalue weighted by Gasteiger charge is 2.43. The third kappa shape index (κ3) is 12.7. The molecule has 400 valence electrons. The zero-order valence-corrected chi connectivity index (χ0v) is 45.2. The summed E-state index contributed by atoms with van der Waals surface area (Å²) >= 11 is 7.87. The number of nitrogens with zero attached hydrogens (tertiary/aromatic N) is 5. The van der Waals surface area contributed by atoms with Crippen molar-refractivity contribution in [1.82, 2.24) is 51.6 Å². The molecule has 0 aliphatic carbocycles. The molecule has 2 aromatic heterocycles. The van der Waals surface area contributed by atoms with Crippen LogP contribution in [0.1, 0.15) is 91.8 Å². The molecule has 3 aliphatic heterocycles. The number of rotatable bonds is 8. The Bertz CT molecular complexity index is 3030. The Balaban J connectivity index is 1.04. The number of ether oxygens (including phenoxy) is 1. The van der Waals surface area contributed by atoms with E-state index in [4.69, 9.17) is 21.3 Å². The van der Waals surface area contributed by atoms with Crippen molar-refractivity contribution < 1.29 is 38.3 Å². The van der Waals surface area contributed by atoms with Gasteiger partial charge in [0.1, 0.15) is 53.7 Å². The maximum atomic E-state index is 14.4. The van der Waals surface area contributed by atoms with Crippen molar-refractivity contribution in [3.05, 3.63) is 123 Å². The molecule has 0 spiro atoms. The molecular weight excluding hydrogens is 1010 g/mol. The molecule has 5 heterocycles. The number of hydrogen-bond acceptors (Lipinski definition) is 12. The quantitative estimate of drug-likeness (QED) is 0.128. The summed E-state index contributed by atoms with van der Waals surface area (Å²) in [6.45, 7) is 11.9. The SMILES string of the molecule is Cc1sc2c(c1C)C(c1ccc(Cl)cc1)=N[C@@H](CC(=O)NC[C@H]1NC(=O)[C@@H](C)NC(=O)[C@@H](Cc3ccc(-c4ccccc4)cc3)NC(=O)[C@@H]3CCCN3C(=O)C(C(C)(C)C)NC(=O)COCCNC1=O)c1nnc(C)n1-2. The summed E-state index contributed by atoms with van der Waals surface area (Å²) < 4.78 is 7.53. The van der Waals surface area contributed by atoms with Gasteiger partial charge in [-0.05, 0) is 80.3 Å². The Labute approximate surface area is 450 Å². The van der Waals surface area contributed by atoms with E-state index >= 15 is 0 Å². The highest BCUT2D eigenvalue weighted by molar-refractivity contribution is 7.15. The third-order valence-corrected chi connectivity index (χ3v) is 15.2. The molecule has 19 nitrogen and oxygen atoms in total. The van der Waals surface area contributed by atoms with Gasteiger partial charge in [0.2, 0.25) is 41.4 Å². The minimum atomic E-state index is -1.37. The fourth-order valence-corrected chi connectivity index (χ4v) is 10.9. The molecule has 21 heteroatoms. The molecule has 7 amide bonds. The Kier molecular flexibility index (Phi) is 17.2. The van der Waals surface area contributed by atoms with Crippen LogP contribution in [0.5, 0.6) is 0 Å². The van der Waals surface area contributed by atoms with E-state index in [-0.39, 0.29) is 39.1 Å². The summed E-state index contributed by atoms with van der Waals surface area (Å²) in [5.41, 5.74) is 5.21. The van der Waals surface area contributed by atoms with Crippen LogP contribution in [0, 0.1) is 26.2 Å². The molecule has 8 rings (SSSR count). The van der Waals surface area contributed by atoms with Gasteiger partial charge in [0.05, 0.1) is 18.7 Å². The fourth-order valence-electron chi connectivity index (χ4n) is 9.51. The summed E-state index contributed by atoms with van der Waals surface area (Å²) in [4.78, 5) is 106. The van der Waals surface area contributed by atoms with Crippen molar-refractivity contribution in [2.24, 2.45) is 10.4 Å². The molecule has 5 aromatic rings. The van der Waals surface area contributed by atoms with Gasteiger partial charge in [-0.1, -0.05) is 99.1 Å². The Morgan fingerprint density at radius 3 is 2.21 bits per heavy atom. The predicted molar refractivity (Wildman–Crippen MR) is 288 cm³/mol. The maximum absolute atomic E-state index is 14.4. The Hall–Kier alpha value is -7.29. The predicted octanol–water partition coefficient (Wildman–Crippen LogP) is 4.36. The van der Waals surface area contributed by atoms with E-state index in [2.05, 4.69) is 42.1 Å². The van der Waals surface area contributed by atoms with Crippen LogP contribution in [0.2, 0.25) is 5.02 Å². The number of benzene rings is 3. The highest BCUT2D eigenvalue weighted by atomic mass is 35.5. The van der Waals surface area contributed by atoms with Gasteiger partial charge in [-0.3, -0.25) is 43.1 Å². The van der Waals surface area contributed by atoms with Gasteiger partial charge in [0.15, 0.2) is 5.82 Å². The lowest BCUT2D eigenvalue weighted by atomic mass is 9.85. The first kappa shape index (κ1) is 55.0. The number of aryl methyl sites for hydroxylation is 2. The van der Waals surface area contributed by atoms with Gasteiger partial charge in [0.25, 0.3) is 0 Å². The number of aliphatic imine (C=N–C) groups is 1. The number of halogens is 1. The number of aromatic nitrogens is 3. The highest BCUT2D eigenvalue weighted by Crippen LogP contribution is 2.40. The van der Waals surface area contributed by atoms with Crippen LogP contribution < -0.4 is 31.9 Å². The van der Waals surface area contributed by atoms with E-state index in [9.17, 15) is 33.6 Å². The molecule has 0 saturated carbocycles. The number of hydrogen-bond donors (Lipinski definition) is 6. The van der Waals surface area contributed by atoms with Gasteiger partial charge in [-0.2, -0.15) is 0 Å². The normalized spacial score (nSPS) is 22.3. The molecule has 2 saturated heterocycles. The Morgan fingerprint density at radius 2 is 1.50 bits per heavy atom. The smallest absolute Gasteiger partial charge is 0.246 e. The molecule has 3 aromatic carbocycles. The molecule has 2 fully saturated rings. The van der Waals surface area contributed by atoms with Gasteiger partial charge >= 0.3 is 0 Å². The van der Waals surface area contributed by atoms with Crippen molar-refractivity contribution >= 4 is 70.0 Å². The molecule has 0 bridgehead atoms. The molecule has 76 heavy (non-hydrogen) atoms. The first-order chi connectivity index (χ1) is 36.3. The van der Waals surface area contributed by atoms with Gasteiger partial charge < -0.3 is 41.5 Å². The molecule has 0 radical (unpaired) electrons. The van der Waals surface area contributed by atoms with E-state index < -0.39 is 89.6 Å². The van der Waals surface area contributed by atoms with E-state index in [0.29, 0.717) is 40.8 Å². The lowest BCUT2D eigenvalue weighted by Gasteiger charge is -2.35. The minimum absolute atomic E-state index is 0.0228. The van der Waals surface area contributed by atoms with E-state index in [0.717, 1.165) is 37.7 Å². The first-order valence-corrected chi connectivity index (χ1v) is 26.6. The van der Waals surface area contributed by atoms with E-state index in [1.807, 2.05) is 92.1 Å². The zero-order chi connectivity index (χ0) is 54.4. The summed E-state index contributed by atoms with van der Waals surface area (Å²) in [5, 5.41) is 26.9. The number of carbonyl (C=O) groups excluding carboxylic acids is 7. The largest absolute Gasteiger partial charge is 0.370 e. The Morgan fingerprint density at radius 1 is 0.816 bits per heavy atom. The summed E-state index contributed by atoms with van der Waals surface area (Å²) in [6, 6.07) is 17.9. The summed E-state index contributed by atoms with van der Waals surface area (Å²) in [5.74, 6) is -3.23. The monoisotopic (exact) mass is 1070 g/mol. The average molecular weight is 1070 g/mol. The maximum Gasteiger partial charge on any atom is 0.246 e. The second kappa shape index (κ2) is 23.7. The van der Waals surface area contributed by atoms with Crippen molar-refractivity contribution in [1.29, 1.82) is 0 Å². The lowest BCUT2D eigenvalue weighted by Crippen LogP contribution is -2.60. The van der Waals surface area contributed by atoms with Gasteiger partial charge in [0, 0.05) is 47.1 Å². The fraction of sp³-hybridized carbons (Fsp3) is 0.418. The van der Waals surface area contributed by atoms with Gasteiger partial charge in [-0.15, -0.1) is 21.5 Å². The van der Waals surface area contributed by atoms with Crippen molar-refractivity contribution in [3.8, 4) is 16.1 Å². The first-order valence-electron chi connectivity index (χ1n) is 25.4. The third-order valence-electron chi connectivity index (χ3n) is 13.8. The number of amides is 7. The number of fused-ring (bicyclic) bond motifs is 4. The van der Waals surface area contributed by atoms with E-state index in [1.54, 1.807) is 44.2 Å². The summed E-state index contributed by atoms with van der Waals surface area (Å²) in [7, 11) is 0. The van der Waals surface area contributed by atoms with Crippen molar-refractivity contribution in [2.45, 2.75) is 110 Å². The molecule has 1 unspecified atom stereocenters. The van der Waals surface area contributed by atoms with Crippen molar-refractivity contribution in [2.75, 3.05) is 32.8 Å². The topological polar surface area (TPSA) is 247 Å². The molecule has 6 atom stereocenters. The number of nitrogens with one attached hydrogen (secondary N) is 6. The molecule has 6 N–H and O–H groups in total. The standard InChI is InChI=1S/C55H64ClN11O8S/c1-30-32(3)76-54-45(30)46(37-19-21-38(56)22-20-37)60-39(48-65-64-33(4)67(48)54)27-43(68)58-28-41-50(71)57-23-25-75-29-44(69)63-47(55(5,6)7)53(74)66-24-11-14-42(66)52(73)61-40(51(72)59-31(2)49(70)62-41)26-34-15-17-36(18-16-34)35-12-9-8-10-13-35/h8-10,12-13,15-22,31,39-42,47H,11,14,23-29H2,1-7H3,(H,57,71)(H,58,68)(H,59,72)(H,61,73)(H,62,70)(H,63,69)/t31-,39+,40-,41-,42+,47?/m1/s1. The average Bonchev–Trinajstić information content (AvgIpc) is 4.10. The van der Waals surface area contributed by atoms with E-state index in [1.165, 1.54) is 11.8 Å². The van der Waals surface area contributed by atoms with Crippen LogP contribution in [0.4, 0.5) is 0 Å². The van der Waals surface area contributed by atoms with Crippen LogP contribution in [-0.4, -0.2) is 130 Å². The lowest BCUT2D eigenvalue weighted by molar-refractivity contribution is -0.145.